The van der Waals surface area contributed by atoms with Crippen LogP contribution >= 0.6 is 11.6 Å². The summed E-state index contributed by atoms with van der Waals surface area (Å²) < 4.78 is 0. The molecule has 0 aromatic heterocycles. The molecule has 0 fully saturated rings. The maximum absolute atomic E-state index is 10.9. The van der Waals surface area contributed by atoms with E-state index in [1.54, 1.807) is 12.1 Å². The molecule has 0 heterocycles. The van der Waals surface area contributed by atoms with Gasteiger partial charge in [0.15, 0.2) is 0 Å². The number of rotatable bonds is 3. The molecule has 5 nitrogen and oxygen atoms in total. The Labute approximate surface area is 108 Å². The molecule has 0 atom stereocenters. The van der Waals surface area contributed by atoms with Gasteiger partial charge in [-0.3, -0.25) is 10.1 Å². The predicted molar refractivity (Wildman–Crippen MR) is 69.5 cm³/mol. The molecule has 0 aliphatic rings. The summed E-state index contributed by atoms with van der Waals surface area (Å²) in [5.41, 5.74) is 0.865. The van der Waals surface area contributed by atoms with Gasteiger partial charge in [-0.25, -0.2) is 0 Å². The van der Waals surface area contributed by atoms with Crippen molar-refractivity contribution in [2.45, 2.75) is 0 Å². The number of aromatic hydroxyl groups is 1. The summed E-state index contributed by atoms with van der Waals surface area (Å²) in [5, 5.41) is 23.3. The Morgan fingerprint density at radius 1 is 1.17 bits per heavy atom. The SMILES string of the molecule is O=[N+]([O-])c1ccc(Cl)cc1Nc1ccc(O)cc1. The van der Waals surface area contributed by atoms with Crippen LogP contribution in [0.1, 0.15) is 0 Å². The van der Waals surface area contributed by atoms with Crippen molar-refractivity contribution in [1.29, 1.82) is 0 Å². The number of anilines is 2. The van der Waals surface area contributed by atoms with E-state index in [2.05, 4.69) is 5.32 Å². The zero-order valence-electron chi connectivity index (χ0n) is 9.13. The van der Waals surface area contributed by atoms with Gasteiger partial charge in [-0.15, -0.1) is 0 Å². The van der Waals surface area contributed by atoms with E-state index in [0.29, 0.717) is 16.4 Å². The highest BCUT2D eigenvalue weighted by molar-refractivity contribution is 6.31. The molecule has 18 heavy (non-hydrogen) atoms. The van der Waals surface area contributed by atoms with Crippen LogP contribution in [0.2, 0.25) is 5.02 Å². The lowest BCUT2D eigenvalue weighted by atomic mass is 10.2. The second-order valence-electron chi connectivity index (χ2n) is 3.59. The van der Waals surface area contributed by atoms with E-state index in [1.807, 2.05) is 0 Å². The number of hydrogen-bond acceptors (Lipinski definition) is 4. The van der Waals surface area contributed by atoms with Crippen molar-refractivity contribution in [2.24, 2.45) is 0 Å². The van der Waals surface area contributed by atoms with E-state index in [4.69, 9.17) is 16.7 Å². The Kier molecular flexibility index (Phi) is 3.34. The van der Waals surface area contributed by atoms with Crippen LogP contribution in [0.5, 0.6) is 5.75 Å². The van der Waals surface area contributed by atoms with Crippen LogP contribution in [0.3, 0.4) is 0 Å². The van der Waals surface area contributed by atoms with Gasteiger partial charge in [0, 0.05) is 16.8 Å². The molecule has 2 aromatic rings. The molecule has 2 N–H and O–H groups in total. The van der Waals surface area contributed by atoms with Gasteiger partial charge in [0.2, 0.25) is 0 Å². The van der Waals surface area contributed by atoms with E-state index < -0.39 is 4.92 Å². The van der Waals surface area contributed by atoms with Gasteiger partial charge in [0.05, 0.1) is 4.92 Å². The predicted octanol–water partition coefficient (Wildman–Crippen LogP) is 3.70. The minimum Gasteiger partial charge on any atom is -0.508 e. The van der Waals surface area contributed by atoms with Crippen LogP contribution in [-0.4, -0.2) is 10.0 Å². The lowest BCUT2D eigenvalue weighted by molar-refractivity contribution is -0.383. The van der Waals surface area contributed by atoms with Crippen LogP contribution in [0.15, 0.2) is 42.5 Å². The van der Waals surface area contributed by atoms with Crippen molar-refractivity contribution < 1.29 is 10.0 Å². The van der Waals surface area contributed by atoms with Crippen LogP contribution in [0.25, 0.3) is 0 Å². The molecule has 0 amide bonds. The summed E-state index contributed by atoms with van der Waals surface area (Å²) >= 11 is 5.81. The first-order valence-corrected chi connectivity index (χ1v) is 5.44. The van der Waals surface area contributed by atoms with E-state index in [1.165, 1.54) is 30.3 Å². The van der Waals surface area contributed by atoms with E-state index in [-0.39, 0.29) is 11.4 Å². The van der Waals surface area contributed by atoms with Crippen molar-refractivity contribution >= 4 is 28.7 Å². The third kappa shape index (κ3) is 2.70. The van der Waals surface area contributed by atoms with Crippen LogP contribution in [0.4, 0.5) is 17.1 Å². The number of nitro groups is 1. The number of hydrogen-bond donors (Lipinski definition) is 2. The fraction of sp³-hybridized carbons (Fsp3) is 0. The smallest absolute Gasteiger partial charge is 0.292 e. The second-order valence-corrected chi connectivity index (χ2v) is 4.03. The first kappa shape index (κ1) is 12.2. The molecular formula is C12H9ClN2O3. The number of benzene rings is 2. The number of phenolic OH excluding ortho intramolecular Hbond substituents is 1. The Morgan fingerprint density at radius 2 is 1.83 bits per heavy atom. The van der Waals surface area contributed by atoms with E-state index >= 15 is 0 Å². The zero-order chi connectivity index (χ0) is 13.1. The molecule has 0 saturated heterocycles. The highest BCUT2D eigenvalue weighted by atomic mass is 35.5. The maximum Gasteiger partial charge on any atom is 0.292 e. The number of nitrogens with one attached hydrogen (secondary N) is 1. The monoisotopic (exact) mass is 264 g/mol. The second kappa shape index (κ2) is 4.93. The summed E-state index contributed by atoms with van der Waals surface area (Å²) in [4.78, 5) is 10.4. The molecular weight excluding hydrogens is 256 g/mol. The van der Waals surface area contributed by atoms with E-state index in [0.717, 1.165) is 0 Å². The Balaban J connectivity index is 2.35. The molecule has 0 spiro atoms. The minimum absolute atomic E-state index is 0.0625. The van der Waals surface area contributed by atoms with Crippen molar-refractivity contribution in [3.63, 3.8) is 0 Å². The maximum atomic E-state index is 10.9. The Hall–Kier alpha value is -2.27. The standard InChI is InChI=1S/C12H9ClN2O3/c13-8-1-6-12(15(17)18)11(7-8)14-9-2-4-10(16)5-3-9/h1-7,14,16H. The fourth-order valence-corrected chi connectivity index (χ4v) is 1.64. The van der Waals surface area contributed by atoms with Gasteiger partial charge >= 0.3 is 0 Å². The average molecular weight is 265 g/mol. The molecule has 6 heteroatoms. The average Bonchev–Trinajstić information content (AvgIpc) is 2.32. The Morgan fingerprint density at radius 3 is 2.44 bits per heavy atom. The van der Waals surface area contributed by atoms with Gasteiger partial charge in [0.1, 0.15) is 11.4 Å². The minimum atomic E-state index is -0.487. The first-order valence-electron chi connectivity index (χ1n) is 5.06. The van der Waals surface area contributed by atoms with Crippen molar-refractivity contribution in [1.82, 2.24) is 0 Å². The highest BCUT2D eigenvalue weighted by Gasteiger charge is 2.13. The van der Waals surface area contributed by atoms with Crippen LogP contribution in [-0.2, 0) is 0 Å². The number of phenols is 1. The molecule has 0 saturated carbocycles. The normalized spacial score (nSPS) is 10.1. The lowest BCUT2D eigenvalue weighted by Gasteiger charge is -2.07. The molecule has 0 radical (unpaired) electrons. The third-order valence-corrected chi connectivity index (χ3v) is 2.54. The molecule has 2 rings (SSSR count). The Bertz CT molecular complexity index is 584. The lowest BCUT2D eigenvalue weighted by Crippen LogP contribution is -1.96. The van der Waals surface area contributed by atoms with Gasteiger partial charge in [-0.05, 0) is 36.4 Å². The summed E-state index contributed by atoms with van der Waals surface area (Å²) in [6.07, 6.45) is 0. The van der Waals surface area contributed by atoms with Crippen molar-refractivity contribution in [3.8, 4) is 5.75 Å². The van der Waals surface area contributed by atoms with Gasteiger partial charge in [-0.2, -0.15) is 0 Å². The van der Waals surface area contributed by atoms with Gasteiger partial charge in [0.25, 0.3) is 5.69 Å². The fourth-order valence-electron chi connectivity index (χ4n) is 1.47. The molecule has 0 aliphatic carbocycles. The number of nitro benzene ring substituents is 1. The molecule has 2 aromatic carbocycles. The summed E-state index contributed by atoms with van der Waals surface area (Å²) in [7, 11) is 0. The highest BCUT2D eigenvalue weighted by Crippen LogP contribution is 2.30. The van der Waals surface area contributed by atoms with Crippen LogP contribution in [0, 0.1) is 10.1 Å². The largest absolute Gasteiger partial charge is 0.508 e. The topological polar surface area (TPSA) is 75.4 Å². The zero-order valence-corrected chi connectivity index (χ0v) is 9.89. The first-order chi connectivity index (χ1) is 8.56. The summed E-state index contributed by atoms with van der Waals surface area (Å²) in [5.74, 6) is 0.126. The van der Waals surface area contributed by atoms with Gasteiger partial charge < -0.3 is 10.4 Å². The van der Waals surface area contributed by atoms with Crippen molar-refractivity contribution in [2.75, 3.05) is 5.32 Å². The van der Waals surface area contributed by atoms with Gasteiger partial charge in [-0.1, -0.05) is 11.6 Å². The molecule has 0 aliphatic heterocycles. The summed E-state index contributed by atoms with van der Waals surface area (Å²) in [6, 6.07) is 10.5. The quantitative estimate of drug-likeness (QED) is 0.503. The number of halogens is 1. The number of nitrogens with zero attached hydrogens (tertiary/aromatic N) is 1. The molecule has 0 unspecified atom stereocenters. The molecule has 0 bridgehead atoms. The van der Waals surface area contributed by atoms with Crippen molar-refractivity contribution in [3.05, 3.63) is 57.6 Å². The van der Waals surface area contributed by atoms with Crippen LogP contribution < -0.4 is 5.32 Å². The summed E-state index contributed by atoms with van der Waals surface area (Å²) in [6.45, 7) is 0. The third-order valence-electron chi connectivity index (χ3n) is 2.30. The van der Waals surface area contributed by atoms with E-state index in [9.17, 15) is 10.1 Å². The molecule has 92 valence electrons.